The Kier molecular flexibility index (Phi) is 11.9. The minimum Gasteiger partial charge on any atom is -0.489 e. The maximum absolute atomic E-state index is 15.3. The lowest BCUT2D eigenvalue weighted by Gasteiger charge is -2.42. The predicted octanol–water partition coefficient (Wildman–Crippen LogP) is 5.34. The van der Waals surface area contributed by atoms with Gasteiger partial charge in [-0.2, -0.15) is 0 Å². The molecule has 4 heterocycles. The minimum absolute atomic E-state index is 0.000174. The summed E-state index contributed by atoms with van der Waals surface area (Å²) in [4.78, 5) is 64.3. The van der Waals surface area contributed by atoms with Gasteiger partial charge in [0.25, 0.3) is 5.91 Å². The number of piperidine rings is 1. The van der Waals surface area contributed by atoms with Gasteiger partial charge in [0.15, 0.2) is 0 Å². The number of nitrogens with zero attached hydrogens (tertiary/aromatic N) is 2. The lowest BCUT2D eigenvalue weighted by molar-refractivity contribution is -0.143. The first-order chi connectivity index (χ1) is 30.2. The number of fused-ring (bicyclic) bond motifs is 5. The number of pyridine rings is 1. The topological polar surface area (TPSA) is 194 Å². The molecule has 7 atom stereocenters. The van der Waals surface area contributed by atoms with Crippen molar-refractivity contribution in [3.63, 3.8) is 0 Å². The summed E-state index contributed by atoms with van der Waals surface area (Å²) >= 11 is 0. The number of sulfonamides is 1. The van der Waals surface area contributed by atoms with Gasteiger partial charge < -0.3 is 35.1 Å². The van der Waals surface area contributed by atoms with Crippen LogP contribution < -0.4 is 30.1 Å². The maximum Gasteiger partial charge on any atom is 0.408 e. The van der Waals surface area contributed by atoms with E-state index in [4.69, 9.17) is 19.2 Å². The van der Waals surface area contributed by atoms with Crippen LogP contribution in [0.5, 0.6) is 11.6 Å². The van der Waals surface area contributed by atoms with Crippen molar-refractivity contribution in [1.82, 2.24) is 30.6 Å². The van der Waals surface area contributed by atoms with Gasteiger partial charge in [0, 0.05) is 17.7 Å². The van der Waals surface area contributed by atoms with E-state index in [-0.39, 0.29) is 37.5 Å². The number of para-hydroxylation sites is 1. The first-order valence-corrected chi connectivity index (χ1v) is 25.0. The number of carbonyl (C=O) groups is 4. The van der Waals surface area contributed by atoms with E-state index in [2.05, 4.69) is 27.3 Å². The first-order valence-electron chi connectivity index (χ1n) is 23.5. The maximum atomic E-state index is 15.3. The molecule has 5 unspecified atom stereocenters. The van der Waals surface area contributed by atoms with Gasteiger partial charge in [-0.15, -0.1) is 6.58 Å². The lowest BCUT2D eigenvalue weighted by Crippen LogP contribution is -2.61. The molecule has 4 amide bonds. The number of ether oxygens (including phenoxy) is 3. The molecule has 9 rings (SSSR count). The van der Waals surface area contributed by atoms with E-state index in [1.807, 2.05) is 31.2 Å². The molecule has 6 fully saturated rings. The number of alkyl carbamates (subject to hydrolysis) is 1. The molecule has 63 heavy (non-hydrogen) atoms. The monoisotopic (exact) mass is 888 g/mol. The smallest absolute Gasteiger partial charge is 0.408 e. The van der Waals surface area contributed by atoms with Gasteiger partial charge in [-0.05, 0) is 114 Å². The van der Waals surface area contributed by atoms with Crippen LogP contribution in [0.2, 0.25) is 0 Å². The molecule has 15 nitrogen and oxygen atoms in total. The molecule has 7 aliphatic rings. The van der Waals surface area contributed by atoms with Crippen LogP contribution in [-0.4, -0.2) is 102 Å². The minimum atomic E-state index is -4.01. The largest absolute Gasteiger partial charge is 0.489 e. The van der Waals surface area contributed by atoms with Crippen LogP contribution in [0.15, 0.2) is 36.9 Å². The van der Waals surface area contributed by atoms with E-state index in [9.17, 15) is 22.8 Å². The van der Waals surface area contributed by atoms with Crippen LogP contribution in [0.1, 0.15) is 122 Å². The Morgan fingerprint density at radius 3 is 2.44 bits per heavy atom. The molecule has 2 saturated heterocycles. The van der Waals surface area contributed by atoms with Gasteiger partial charge in [0.2, 0.25) is 27.7 Å². The molecule has 1 aromatic heterocycles. The number of aromatic nitrogens is 1. The molecular weight excluding hydrogens is 825 g/mol. The molecule has 0 spiro atoms. The third-order valence-corrected chi connectivity index (χ3v) is 17.5. The van der Waals surface area contributed by atoms with Crippen molar-refractivity contribution in [1.29, 1.82) is 0 Å². The Hall–Kier alpha value is -4.44. The van der Waals surface area contributed by atoms with Crippen LogP contribution >= 0.6 is 0 Å². The summed E-state index contributed by atoms with van der Waals surface area (Å²) in [6.07, 6.45) is 12.1. The van der Waals surface area contributed by atoms with Gasteiger partial charge in [-0.3, -0.25) is 19.1 Å². The number of rotatable bonds is 9. The fourth-order valence-corrected chi connectivity index (χ4v) is 11.9. The Morgan fingerprint density at radius 1 is 0.968 bits per heavy atom. The highest BCUT2D eigenvalue weighted by Crippen LogP contribution is 2.48. The summed E-state index contributed by atoms with van der Waals surface area (Å²) in [5, 5.41) is 10.2. The van der Waals surface area contributed by atoms with E-state index >= 15 is 4.79 Å². The Bertz CT molecular complexity index is 2240. The number of carbonyl (C=O) groups excluding carboxylic acids is 4. The van der Waals surface area contributed by atoms with Crippen molar-refractivity contribution in [2.24, 2.45) is 17.3 Å². The molecule has 16 heteroatoms. The van der Waals surface area contributed by atoms with E-state index in [0.717, 1.165) is 94.0 Å². The van der Waals surface area contributed by atoms with Crippen molar-refractivity contribution in [3.8, 4) is 11.6 Å². The molecule has 4 N–H and O–H groups in total. The fourth-order valence-electron chi connectivity index (χ4n) is 10.6. The number of nitrogens with one attached hydrogen (secondary N) is 4. The van der Waals surface area contributed by atoms with Crippen LogP contribution in [-0.2, 0) is 35.6 Å². The second-order valence-electron chi connectivity index (χ2n) is 20.0. The zero-order valence-electron chi connectivity index (χ0n) is 36.8. The van der Waals surface area contributed by atoms with E-state index in [1.165, 1.54) is 4.90 Å². The summed E-state index contributed by atoms with van der Waals surface area (Å²) < 4.78 is 47.5. The summed E-state index contributed by atoms with van der Waals surface area (Å²) in [5.41, 5.74) is -0.616. The lowest BCUT2D eigenvalue weighted by atomic mass is 9.70. The summed E-state index contributed by atoms with van der Waals surface area (Å²) in [6.45, 7) is 9.20. The van der Waals surface area contributed by atoms with Crippen LogP contribution in [0, 0.1) is 17.3 Å². The summed E-state index contributed by atoms with van der Waals surface area (Å²) in [5.74, 6) is -0.980. The molecule has 4 saturated carbocycles. The third-order valence-electron chi connectivity index (χ3n) is 15.3. The molecule has 2 aromatic rings. The van der Waals surface area contributed by atoms with E-state index in [1.54, 1.807) is 13.0 Å². The quantitative estimate of drug-likeness (QED) is 0.238. The number of hydrogen-bond acceptors (Lipinski definition) is 11. The summed E-state index contributed by atoms with van der Waals surface area (Å²) in [6, 6.07) is 5.75. The van der Waals surface area contributed by atoms with Crippen LogP contribution in [0.4, 0.5) is 4.79 Å². The summed E-state index contributed by atoms with van der Waals surface area (Å²) in [7, 11) is -4.01. The van der Waals surface area contributed by atoms with Crippen LogP contribution in [0.3, 0.4) is 0 Å². The molecule has 2 bridgehead atoms. The Labute approximate surface area is 370 Å². The standard InChI is InChI=1S/C47H64N6O9S/c1-4-30-27-47(30,43(56)52-63(58,59)46(3)21-22-46)51-40(54)36-26-32-28-53(36)42(55)39(45(2)19-11-6-12-20-45)50-44(57)62-37-25-29(37)13-7-5-8-15-34-38(60-31-17-23-48-24-18-31)33-14-9-10-16-35(33)49-41(34)61-32/h4,9-10,14,16,29-32,36-37,39,48H,1,5-8,11-13,15,17-28H2,2-3H3,(H,50,57)(H,51,54)(H,52,56)/t29?,30-,32?,36?,37?,39?,47-/m1/s1. The Balaban J connectivity index is 1.08. The highest BCUT2D eigenvalue weighted by Gasteiger charge is 2.63. The molecular formula is C47H64N6O9S. The van der Waals surface area contributed by atoms with E-state index < -0.39 is 73.6 Å². The van der Waals surface area contributed by atoms with Gasteiger partial charge >= 0.3 is 6.09 Å². The average Bonchev–Trinajstić information content (AvgIpc) is 4.23. The van der Waals surface area contributed by atoms with Crippen molar-refractivity contribution in [2.75, 3.05) is 19.6 Å². The third kappa shape index (κ3) is 8.87. The zero-order valence-corrected chi connectivity index (χ0v) is 37.6. The van der Waals surface area contributed by atoms with Gasteiger partial charge in [0.05, 0.1) is 22.4 Å². The molecule has 3 aliphatic heterocycles. The van der Waals surface area contributed by atoms with Crippen molar-refractivity contribution in [2.45, 2.75) is 164 Å². The number of hydrogen-bond donors (Lipinski definition) is 4. The van der Waals surface area contributed by atoms with Gasteiger partial charge in [-0.25, -0.2) is 18.2 Å². The van der Waals surface area contributed by atoms with Crippen LogP contribution in [0.25, 0.3) is 10.9 Å². The average molecular weight is 889 g/mol. The normalized spacial score (nSPS) is 31.9. The highest BCUT2D eigenvalue weighted by atomic mass is 32.2. The fraction of sp³-hybridized carbons (Fsp3) is 0.681. The molecule has 0 radical (unpaired) electrons. The predicted molar refractivity (Wildman–Crippen MR) is 235 cm³/mol. The van der Waals surface area contributed by atoms with E-state index in [0.29, 0.717) is 43.5 Å². The molecule has 342 valence electrons. The Morgan fingerprint density at radius 2 is 1.71 bits per heavy atom. The second-order valence-corrected chi connectivity index (χ2v) is 22.2. The zero-order chi connectivity index (χ0) is 44.1. The van der Waals surface area contributed by atoms with Gasteiger partial charge in [-0.1, -0.05) is 57.2 Å². The number of amides is 4. The van der Waals surface area contributed by atoms with Crippen molar-refractivity contribution >= 4 is 44.7 Å². The second kappa shape index (κ2) is 17.2. The SMILES string of the molecule is C=C[C@@H]1C[C@]1(NC(=O)C1CC2CN1C(=O)C(C1(C)CCCCC1)NC(=O)OC1CC1CCCCCc1c(nc3ccccc3c1OC1CCNCC1)O2)C(=O)NS(=O)(=O)C1(C)CC1. The highest BCUT2D eigenvalue weighted by molar-refractivity contribution is 7.91. The van der Waals surface area contributed by atoms with Gasteiger partial charge in [0.1, 0.15) is 41.7 Å². The first kappa shape index (κ1) is 43.8. The molecule has 1 aromatic carbocycles. The van der Waals surface area contributed by atoms with Crippen molar-refractivity contribution < 1.29 is 41.8 Å². The number of benzene rings is 1. The van der Waals surface area contributed by atoms with Crippen molar-refractivity contribution in [3.05, 3.63) is 42.5 Å². The molecule has 4 aliphatic carbocycles.